The third-order valence-electron chi connectivity index (χ3n) is 7.39. The topological polar surface area (TPSA) is 52.2 Å². The predicted octanol–water partition coefficient (Wildman–Crippen LogP) is 7.28. The van der Waals surface area contributed by atoms with Gasteiger partial charge in [-0.15, -0.1) is 0 Å². The predicted molar refractivity (Wildman–Crippen MR) is 155 cm³/mol. The van der Waals surface area contributed by atoms with E-state index in [0.29, 0.717) is 29.5 Å². The van der Waals surface area contributed by atoms with Crippen LogP contribution >= 0.6 is 11.6 Å². The van der Waals surface area contributed by atoms with Crippen LogP contribution in [0.1, 0.15) is 66.5 Å². The first-order valence-electron chi connectivity index (χ1n) is 13.8. The normalized spacial score (nSPS) is 15.2. The van der Waals surface area contributed by atoms with Gasteiger partial charge in [0, 0.05) is 30.1 Å². The van der Waals surface area contributed by atoms with E-state index in [4.69, 9.17) is 16.6 Å². The highest BCUT2D eigenvalue weighted by Crippen LogP contribution is 2.30. The average Bonchev–Trinajstić information content (AvgIpc) is 3.36. The molecule has 0 radical (unpaired) electrons. The third-order valence-corrected chi connectivity index (χ3v) is 7.64. The van der Waals surface area contributed by atoms with Crippen LogP contribution in [-0.2, 0) is 13.0 Å². The van der Waals surface area contributed by atoms with Gasteiger partial charge in [-0.2, -0.15) is 0 Å². The molecule has 1 atom stereocenters. The summed E-state index contributed by atoms with van der Waals surface area (Å²) in [5.74, 6) is 1.11. The first kappa shape index (κ1) is 26.5. The molecule has 5 rings (SSSR count). The molecule has 5 nitrogen and oxygen atoms in total. The standard InChI is InChI=1S/C32H37ClN4O/c1-23(2)21-37(32(38)24-14-16-27(33)17-15-24)30(31-34-28-12-6-7-13-29(28)35-31)20-25-10-4-5-11-26(25)22-36-18-8-3-9-19-36/h4-7,10-17,23,30H,3,8-9,18-22H2,1-2H3,(H,34,35). The largest absolute Gasteiger partial charge is 0.340 e. The fraction of sp³-hybridized carbons (Fsp3) is 0.375. The van der Waals surface area contributed by atoms with Crippen molar-refractivity contribution in [3.63, 3.8) is 0 Å². The van der Waals surface area contributed by atoms with Crippen molar-refractivity contribution in [1.82, 2.24) is 19.8 Å². The summed E-state index contributed by atoms with van der Waals surface area (Å²) in [5.41, 5.74) is 5.13. The molecule has 1 N–H and O–H groups in total. The quantitative estimate of drug-likeness (QED) is 0.248. The minimum Gasteiger partial charge on any atom is -0.340 e. The van der Waals surface area contributed by atoms with Crippen molar-refractivity contribution < 1.29 is 4.79 Å². The van der Waals surface area contributed by atoms with Gasteiger partial charge in [0.1, 0.15) is 5.82 Å². The van der Waals surface area contributed by atoms with Crippen LogP contribution in [0.4, 0.5) is 0 Å². The zero-order valence-electron chi connectivity index (χ0n) is 22.4. The van der Waals surface area contributed by atoms with Gasteiger partial charge in [0.05, 0.1) is 17.1 Å². The Morgan fingerprint density at radius 1 is 0.947 bits per heavy atom. The lowest BCUT2D eigenvalue weighted by Gasteiger charge is -2.33. The molecule has 38 heavy (non-hydrogen) atoms. The number of benzene rings is 3. The zero-order chi connectivity index (χ0) is 26.5. The zero-order valence-corrected chi connectivity index (χ0v) is 23.1. The van der Waals surface area contributed by atoms with E-state index in [-0.39, 0.29) is 11.9 Å². The number of rotatable bonds is 9. The van der Waals surface area contributed by atoms with Crippen LogP contribution in [0.3, 0.4) is 0 Å². The summed E-state index contributed by atoms with van der Waals surface area (Å²) in [6, 6.07) is 23.7. The molecule has 0 bridgehead atoms. The molecule has 3 aromatic carbocycles. The Bertz CT molecular complexity index is 1320. The maximum absolute atomic E-state index is 14.0. The molecule has 0 aliphatic carbocycles. The van der Waals surface area contributed by atoms with E-state index in [9.17, 15) is 4.79 Å². The summed E-state index contributed by atoms with van der Waals surface area (Å²) in [6.45, 7) is 8.17. The van der Waals surface area contributed by atoms with E-state index in [2.05, 4.69) is 48.0 Å². The Morgan fingerprint density at radius 3 is 2.34 bits per heavy atom. The number of H-pyrrole nitrogens is 1. The van der Waals surface area contributed by atoms with E-state index in [1.165, 1.54) is 30.4 Å². The molecule has 4 aromatic rings. The highest BCUT2D eigenvalue weighted by atomic mass is 35.5. The highest BCUT2D eigenvalue weighted by molar-refractivity contribution is 6.30. The maximum Gasteiger partial charge on any atom is 0.254 e. The summed E-state index contributed by atoms with van der Waals surface area (Å²) >= 11 is 6.14. The van der Waals surface area contributed by atoms with Crippen molar-refractivity contribution in [3.05, 3.63) is 100 Å². The number of fused-ring (bicyclic) bond motifs is 1. The fourth-order valence-electron chi connectivity index (χ4n) is 5.47. The molecule has 0 saturated carbocycles. The van der Waals surface area contributed by atoms with Crippen LogP contribution in [0.5, 0.6) is 0 Å². The van der Waals surface area contributed by atoms with E-state index < -0.39 is 0 Å². The number of hydrogen-bond acceptors (Lipinski definition) is 3. The van der Waals surface area contributed by atoms with Gasteiger partial charge >= 0.3 is 0 Å². The van der Waals surface area contributed by atoms with Gasteiger partial charge in [-0.25, -0.2) is 4.98 Å². The second-order valence-corrected chi connectivity index (χ2v) is 11.3. The smallest absolute Gasteiger partial charge is 0.254 e. The molecule has 1 aliphatic rings. The Labute approximate surface area is 230 Å². The maximum atomic E-state index is 14.0. The number of nitrogens with zero attached hydrogens (tertiary/aromatic N) is 3. The number of likely N-dealkylation sites (tertiary alicyclic amines) is 1. The second kappa shape index (κ2) is 12.1. The van der Waals surface area contributed by atoms with Gasteiger partial charge in [-0.1, -0.05) is 68.3 Å². The van der Waals surface area contributed by atoms with Gasteiger partial charge in [0.25, 0.3) is 5.91 Å². The van der Waals surface area contributed by atoms with Crippen LogP contribution in [0.15, 0.2) is 72.8 Å². The molecule has 1 unspecified atom stereocenters. The first-order chi connectivity index (χ1) is 18.5. The number of aromatic amines is 1. The molecule has 6 heteroatoms. The molecule has 1 fully saturated rings. The number of para-hydroxylation sites is 2. The van der Waals surface area contributed by atoms with Crippen LogP contribution in [0.25, 0.3) is 11.0 Å². The lowest BCUT2D eigenvalue weighted by molar-refractivity contribution is 0.0639. The molecule has 1 amide bonds. The Morgan fingerprint density at radius 2 is 1.63 bits per heavy atom. The van der Waals surface area contributed by atoms with Crippen molar-refractivity contribution in [1.29, 1.82) is 0 Å². The van der Waals surface area contributed by atoms with E-state index in [0.717, 1.165) is 36.5 Å². The number of aromatic nitrogens is 2. The van der Waals surface area contributed by atoms with Crippen LogP contribution in [0, 0.1) is 5.92 Å². The van der Waals surface area contributed by atoms with Crippen LogP contribution in [-0.4, -0.2) is 45.3 Å². The van der Waals surface area contributed by atoms with Crippen molar-refractivity contribution in [2.45, 2.75) is 52.1 Å². The van der Waals surface area contributed by atoms with E-state index >= 15 is 0 Å². The molecule has 1 aliphatic heterocycles. The highest BCUT2D eigenvalue weighted by Gasteiger charge is 2.30. The number of piperidine rings is 1. The van der Waals surface area contributed by atoms with Gasteiger partial charge in [-0.3, -0.25) is 9.69 Å². The summed E-state index contributed by atoms with van der Waals surface area (Å²) in [4.78, 5) is 27.2. The first-order valence-corrected chi connectivity index (χ1v) is 14.2. The SMILES string of the molecule is CC(C)CN(C(=O)c1ccc(Cl)cc1)C(Cc1ccccc1CN1CCCCC1)c1nc2ccccc2[nH]1. The number of hydrogen-bond donors (Lipinski definition) is 1. The van der Waals surface area contributed by atoms with Gasteiger partial charge in [0.2, 0.25) is 0 Å². The number of amides is 1. The summed E-state index contributed by atoms with van der Waals surface area (Å²) in [5, 5.41) is 0.623. The summed E-state index contributed by atoms with van der Waals surface area (Å²) < 4.78 is 0. The van der Waals surface area contributed by atoms with Gasteiger partial charge in [0.15, 0.2) is 0 Å². The molecular weight excluding hydrogens is 492 g/mol. The molecule has 2 heterocycles. The minimum absolute atomic E-state index is 0.00525. The monoisotopic (exact) mass is 528 g/mol. The average molecular weight is 529 g/mol. The Hall–Kier alpha value is -3.15. The minimum atomic E-state index is -0.240. The Kier molecular flexibility index (Phi) is 8.45. The fourth-order valence-corrected chi connectivity index (χ4v) is 5.59. The molecule has 1 aromatic heterocycles. The number of carbonyl (C=O) groups excluding carboxylic acids is 1. The molecular formula is C32H37ClN4O. The number of imidazole rings is 1. The lowest BCUT2D eigenvalue weighted by atomic mass is 9.96. The van der Waals surface area contributed by atoms with E-state index in [1.54, 1.807) is 12.1 Å². The summed E-state index contributed by atoms with van der Waals surface area (Å²) in [6.07, 6.45) is 4.54. The number of halogens is 1. The Balaban J connectivity index is 1.54. The number of carbonyl (C=O) groups is 1. The van der Waals surface area contributed by atoms with Crippen molar-refractivity contribution in [3.8, 4) is 0 Å². The summed E-state index contributed by atoms with van der Waals surface area (Å²) in [7, 11) is 0. The molecule has 1 saturated heterocycles. The van der Waals surface area contributed by atoms with Gasteiger partial charge in [-0.05, 0) is 79.4 Å². The molecule has 198 valence electrons. The van der Waals surface area contributed by atoms with Crippen molar-refractivity contribution >= 4 is 28.5 Å². The number of nitrogens with one attached hydrogen (secondary N) is 1. The molecule has 0 spiro atoms. The lowest BCUT2D eigenvalue weighted by Crippen LogP contribution is -2.39. The van der Waals surface area contributed by atoms with Crippen molar-refractivity contribution in [2.75, 3.05) is 19.6 Å². The van der Waals surface area contributed by atoms with Crippen LogP contribution < -0.4 is 0 Å². The van der Waals surface area contributed by atoms with Crippen LogP contribution in [0.2, 0.25) is 5.02 Å². The third kappa shape index (κ3) is 6.28. The van der Waals surface area contributed by atoms with E-state index in [1.807, 2.05) is 41.3 Å². The van der Waals surface area contributed by atoms with Gasteiger partial charge < -0.3 is 9.88 Å². The van der Waals surface area contributed by atoms with Crippen molar-refractivity contribution in [2.24, 2.45) is 5.92 Å². The second-order valence-electron chi connectivity index (χ2n) is 10.8.